The van der Waals surface area contributed by atoms with Crippen molar-refractivity contribution in [3.05, 3.63) is 48.0 Å². The minimum absolute atomic E-state index is 0.0716. The number of rotatable bonds is 3. The Bertz CT molecular complexity index is 673. The number of aliphatic hydroxyl groups is 1. The highest BCUT2D eigenvalue weighted by Crippen LogP contribution is 2.32. The normalized spacial score (nSPS) is 17.5. The summed E-state index contributed by atoms with van der Waals surface area (Å²) in [4.78, 5) is 18.4. The van der Waals surface area contributed by atoms with E-state index in [-0.39, 0.29) is 11.9 Å². The number of carbonyl (C=O) groups excluding carboxylic acids is 1. The van der Waals surface area contributed by atoms with E-state index in [9.17, 15) is 9.90 Å². The summed E-state index contributed by atoms with van der Waals surface area (Å²) in [5, 5.41) is 15.1. The molecule has 1 amide bonds. The zero-order valence-corrected chi connectivity index (χ0v) is 13.5. The van der Waals surface area contributed by atoms with Crippen LogP contribution in [-0.4, -0.2) is 43.8 Å². The predicted octanol–water partition coefficient (Wildman–Crippen LogP) is 1.98. The number of hydrogen-bond acceptors (Lipinski definition) is 4. The van der Waals surface area contributed by atoms with Crippen LogP contribution in [0.3, 0.4) is 0 Å². The van der Waals surface area contributed by atoms with E-state index in [1.54, 1.807) is 28.0 Å². The minimum Gasteiger partial charge on any atom is -0.385 e. The van der Waals surface area contributed by atoms with Gasteiger partial charge in [0, 0.05) is 43.3 Å². The summed E-state index contributed by atoms with van der Waals surface area (Å²) in [6.45, 7) is 5.07. The molecule has 122 valence electrons. The molecule has 0 saturated carbocycles. The molecule has 3 heterocycles. The molecule has 1 N–H and O–H groups in total. The first kappa shape index (κ1) is 15.7. The third-order valence-corrected chi connectivity index (χ3v) is 4.43. The van der Waals surface area contributed by atoms with Crippen molar-refractivity contribution in [2.24, 2.45) is 0 Å². The molecule has 1 aliphatic rings. The third-order valence-electron chi connectivity index (χ3n) is 4.43. The molecule has 0 radical (unpaired) electrons. The van der Waals surface area contributed by atoms with Gasteiger partial charge in [-0.15, -0.1) is 0 Å². The van der Waals surface area contributed by atoms with Crippen LogP contribution in [0, 0.1) is 0 Å². The van der Waals surface area contributed by atoms with Crippen molar-refractivity contribution >= 4 is 5.91 Å². The van der Waals surface area contributed by atoms with Crippen molar-refractivity contribution in [1.29, 1.82) is 0 Å². The van der Waals surface area contributed by atoms with Gasteiger partial charge in [0.2, 0.25) is 0 Å². The number of carbonyl (C=O) groups is 1. The summed E-state index contributed by atoms with van der Waals surface area (Å²) in [7, 11) is 0. The zero-order valence-electron chi connectivity index (χ0n) is 13.5. The van der Waals surface area contributed by atoms with Crippen LogP contribution >= 0.6 is 0 Å². The Morgan fingerprint density at radius 2 is 2.04 bits per heavy atom. The lowest BCUT2D eigenvalue weighted by molar-refractivity contribution is -0.0215. The number of piperidine rings is 1. The van der Waals surface area contributed by atoms with Crippen LogP contribution in [0.25, 0.3) is 0 Å². The number of aromatic nitrogens is 3. The van der Waals surface area contributed by atoms with Gasteiger partial charge in [-0.05, 0) is 38.8 Å². The fourth-order valence-corrected chi connectivity index (χ4v) is 2.91. The maximum absolute atomic E-state index is 12.5. The van der Waals surface area contributed by atoms with Crippen molar-refractivity contribution in [3.8, 4) is 0 Å². The SMILES string of the molecule is CC(C)n1ccc(C(=O)N2CCC(O)(c3cccnc3)CC2)n1. The second kappa shape index (κ2) is 6.12. The molecule has 3 rings (SSSR count). The molecule has 0 bridgehead atoms. The van der Waals surface area contributed by atoms with Crippen LogP contribution in [-0.2, 0) is 5.60 Å². The summed E-state index contributed by atoms with van der Waals surface area (Å²) in [6, 6.07) is 5.69. The fraction of sp³-hybridized carbons (Fsp3) is 0.471. The Hall–Kier alpha value is -2.21. The second-order valence-electron chi connectivity index (χ2n) is 6.34. The Labute approximate surface area is 135 Å². The number of nitrogens with zero attached hydrogens (tertiary/aromatic N) is 4. The summed E-state index contributed by atoms with van der Waals surface area (Å²) in [5.41, 5.74) is 0.379. The molecule has 0 aromatic carbocycles. The molecule has 2 aromatic rings. The van der Waals surface area contributed by atoms with Crippen molar-refractivity contribution in [2.45, 2.75) is 38.3 Å². The molecule has 2 aromatic heterocycles. The molecule has 6 heteroatoms. The van der Waals surface area contributed by atoms with Gasteiger partial charge in [0.15, 0.2) is 0 Å². The largest absolute Gasteiger partial charge is 0.385 e. The van der Waals surface area contributed by atoms with E-state index in [2.05, 4.69) is 10.1 Å². The summed E-state index contributed by atoms with van der Waals surface area (Å²) < 4.78 is 1.78. The van der Waals surface area contributed by atoms with Gasteiger partial charge in [0.05, 0.1) is 5.60 Å². The van der Waals surface area contributed by atoms with Gasteiger partial charge in [-0.1, -0.05) is 6.07 Å². The van der Waals surface area contributed by atoms with Crippen molar-refractivity contribution < 1.29 is 9.90 Å². The highest BCUT2D eigenvalue weighted by atomic mass is 16.3. The highest BCUT2D eigenvalue weighted by Gasteiger charge is 2.36. The van der Waals surface area contributed by atoms with E-state index in [4.69, 9.17) is 0 Å². The lowest BCUT2D eigenvalue weighted by atomic mass is 9.85. The number of pyridine rings is 1. The smallest absolute Gasteiger partial charge is 0.274 e. The topological polar surface area (TPSA) is 71.2 Å². The molecule has 6 nitrogen and oxygen atoms in total. The number of hydrogen-bond donors (Lipinski definition) is 1. The van der Waals surface area contributed by atoms with Gasteiger partial charge in [-0.2, -0.15) is 5.10 Å². The van der Waals surface area contributed by atoms with E-state index < -0.39 is 5.60 Å². The maximum atomic E-state index is 12.5. The van der Waals surface area contributed by atoms with Crippen molar-refractivity contribution in [2.75, 3.05) is 13.1 Å². The first-order valence-electron chi connectivity index (χ1n) is 7.97. The first-order valence-corrected chi connectivity index (χ1v) is 7.97. The molecule has 1 saturated heterocycles. The summed E-state index contributed by atoms with van der Waals surface area (Å²) in [6.07, 6.45) is 6.23. The average Bonchev–Trinajstić information content (AvgIpc) is 3.06. The Morgan fingerprint density at radius 1 is 1.30 bits per heavy atom. The number of likely N-dealkylation sites (tertiary alicyclic amines) is 1. The average molecular weight is 314 g/mol. The summed E-state index contributed by atoms with van der Waals surface area (Å²) >= 11 is 0. The molecule has 1 aliphatic heterocycles. The highest BCUT2D eigenvalue weighted by molar-refractivity contribution is 5.92. The Kier molecular flexibility index (Phi) is 4.17. The van der Waals surface area contributed by atoms with E-state index >= 15 is 0 Å². The Balaban J connectivity index is 1.67. The molecule has 0 unspecified atom stereocenters. The maximum Gasteiger partial charge on any atom is 0.274 e. The molecule has 1 fully saturated rings. The van der Waals surface area contributed by atoms with Crippen molar-refractivity contribution in [1.82, 2.24) is 19.7 Å². The number of amides is 1. The third kappa shape index (κ3) is 3.12. The predicted molar refractivity (Wildman–Crippen MR) is 85.9 cm³/mol. The van der Waals surface area contributed by atoms with Crippen LogP contribution in [0.1, 0.15) is 48.8 Å². The standard InChI is InChI=1S/C17H22N4O2/c1-13(2)21-9-5-15(19-21)16(22)20-10-6-17(23,7-11-20)14-4-3-8-18-12-14/h3-5,8-9,12-13,23H,6-7,10-11H2,1-2H3. The Morgan fingerprint density at radius 3 is 2.61 bits per heavy atom. The minimum atomic E-state index is -0.900. The zero-order chi connectivity index (χ0) is 16.4. The van der Waals surface area contributed by atoms with Gasteiger partial charge >= 0.3 is 0 Å². The quantitative estimate of drug-likeness (QED) is 0.940. The molecular weight excluding hydrogens is 292 g/mol. The van der Waals surface area contributed by atoms with Gasteiger partial charge in [-0.25, -0.2) is 0 Å². The molecule has 0 atom stereocenters. The lowest BCUT2D eigenvalue weighted by Gasteiger charge is -2.38. The van der Waals surface area contributed by atoms with Crippen LogP contribution in [0.4, 0.5) is 0 Å². The van der Waals surface area contributed by atoms with Gasteiger partial charge in [-0.3, -0.25) is 14.5 Å². The summed E-state index contributed by atoms with van der Waals surface area (Å²) in [5.74, 6) is -0.0716. The van der Waals surface area contributed by atoms with E-state index in [1.165, 1.54) is 0 Å². The van der Waals surface area contributed by atoms with E-state index in [0.717, 1.165) is 5.56 Å². The van der Waals surface area contributed by atoms with Gasteiger partial charge in [0.1, 0.15) is 5.69 Å². The molecule has 0 spiro atoms. The van der Waals surface area contributed by atoms with Crippen LogP contribution in [0.2, 0.25) is 0 Å². The van der Waals surface area contributed by atoms with Crippen LogP contribution in [0.5, 0.6) is 0 Å². The molecule has 23 heavy (non-hydrogen) atoms. The van der Waals surface area contributed by atoms with Crippen LogP contribution in [0.15, 0.2) is 36.8 Å². The second-order valence-corrected chi connectivity index (χ2v) is 6.34. The van der Waals surface area contributed by atoms with Crippen LogP contribution < -0.4 is 0 Å². The van der Waals surface area contributed by atoms with E-state index in [0.29, 0.717) is 31.6 Å². The molecule has 0 aliphatic carbocycles. The monoisotopic (exact) mass is 314 g/mol. The van der Waals surface area contributed by atoms with E-state index in [1.807, 2.05) is 32.2 Å². The van der Waals surface area contributed by atoms with Gasteiger partial charge in [0.25, 0.3) is 5.91 Å². The van der Waals surface area contributed by atoms with Gasteiger partial charge < -0.3 is 10.0 Å². The fourth-order valence-electron chi connectivity index (χ4n) is 2.91. The molecular formula is C17H22N4O2. The van der Waals surface area contributed by atoms with Crippen molar-refractivity contribution in [3.63, 3.8) is 0 Å². The first-order chi connectivity index (χ1) is 11.0. The lowest BCUT2D eigenvalue weighted by Crippen LogP contribution is -2.45.